The minimum atomic E-state index is -0.148. The van der Waals surface area contributed by atoms with Crippen molar-refractivity contribution in [2.75, 3.05) is 0 Å². The molecule has 0 saturated carbocycles. The summed E-state index contributed by atoms with van der Waals surface area (Å²) in [6.07, 6.45) is 1.16. The summed E-state index contributed by atoms with van der Waals surface area (Å²) >= 11 is 0. The molecule has 1 N–H and O–H groups in total. The normalized spacial score (nSPS) is 12.8. The lowest BCUT2D eigenvalue weighted by Gasteiger charge is -2.04. The number of aliphatic hydroxyl groups excluding tert-OH is 1. The summed E-state index contributed by atoms with van der Waals surface area (Å²) in [7, 11) is 0. The maximum absolute atomic E-state index is 8.63. The van der Waals surface area contributed by atoms with Crippen LogP contribution in [0.1, 0.15) is 48.0 Å². The third-order valence-corrected chi connectivity index (χ3v) is 1.78. The fraction of sp³-hybridized carbons (Fsp3) is 1.00. The number of hydrogen-bond donors (Lipinski definition) is 1. The van der Waals surface area contributed by atoms with Gasteiger partial charge in [-0.3, -0.25) is 0 Å². The molecule has 0 aromatic carbocycles. The Bertz CT molecular complexity index is 59.3. The summed E-state index contributed by atoms with van der Waals surface area (Å²) in [4.78, 5) is 0. The van der Waals surface area contributed by atoms with Crippen molar-refractivity contribution < 1.29 is 5.11 Å². The van der Waals surface area contributed by atoms with Crippen molar-refractivity contribution in [1.82, 2.24) is 0 Å². The van der Waals surface area contributed by atoms with Crippen LogP contribution in [0.4, 0.5) is 0 Å². The smallest absolute Gasteiger partial charge is 0.0535 e. The van der Waals surface area contributed by atoms with Crippen LogP contribution in [0, 0.1) is 11.8 Å². The summed E-state index contributed by atoms with van der Waals surface area (Å²) < 4.78 is 0. The van der Waals surface area contributed by atoms with Crippen LogP contribution in [0.15, 0.2) is 0 Å². The molecule has 11 heavy (non-hydrogen) atoms. The first-order valence-corrected chi connectivity index (χ1v) is 4.59. The van der Waals surface area contributed by atoms with Gasteiger partial charge in [-0.25, -0.2) is 0 Å². The third kappa shape index (κ3) is 17.8. The molecule has 0 saturated heterocycles. The van der Waals surface area contributed by atoms with Crippen LogP contribution in [-0.4, -0.2) is 11.2 Å². The van der Waals surface area contributed by atoms with E-state index >= 15 is 0 Å². The van der Waals surface area contributed by atoms with Crippen molar-refractivity contribution in [2.24, 2.45) is 11.8 Å². The van der Waals surface area contributed by atoms with Crippen molar-refractivity contribution in [2.45, 2.75) is 54.1 Å². The number of rotatable bonds is 2. The summed E-state index contributed by atoms with van der Waals surface area (Å²) in [5.41, 5.74) is 0. The highest BCUT2D eigenvalue weighted by molar-refractivity contribution is 4.48. The monoisotopic (exact) mass is 160 g/mol. The molecule has 1 heteroatoms. The fourth-order valence-corrected chi connectivity index (χ4v) is 0. The van der Waals surface area contributed by atoms with Crippen molar-refractivity contribution in [3.05, 3.63) is 0 Å². The van der Waals surface area contributed by atoms with E-state index in [2.05, 4.69) is 20.8 Å². The summed E-state index contributed by atoms with van der Waals surface area (Å²) in [6, 6.07) is 0. The van der Waals surface area contributed by atoms with Crippen molar-refractivity contribution in [3.63, 3.8) is 0 Å². The first kappa shape index (κ1) is 13.5. The summed E-state index contributed by atoms with van der Waals surface area (Å²) in [6.45, 7) is 12.4. The van der Waals surface area contributed by atoms with E-state index in [0.29, 0.717) is 5.92 Å². The first-order valence-electron chi connectivity index (χ1n) is 4.59. The Morgan fingerprint density at radius 1 is 1.00 bits per heavy atom. The van der Waals surface area contributed by atoms with Gasteiger partial charge in [0.05, 0.1) is 6.10 Å². The van der Waals surface area contributed by atoms with E-state index in [9.17, 15) is 0 Å². The van der Waals surface area contributed by atoms with Gasteiger partial charge in [0.2, 0.25) is 0 Å². The zero-order valence-electron chi connectivity index (χ0n) is 8.89. The fourth-order valence-electron chi connectivity index (χ4n) is 0. The second-order valence-corrected chi connectivity index (χ2v) is 3.79. The molecule has 0 rings (SSSR count). The zero-order chi connectivity index (χ0) is 9.44. The lowest BCUT2D eigenvalue weighted by molar-refractivity contribution is 0.144. The van der Waals surface area contributed by atoms with Gasteiger partial charge >= 0.3 is 0 Å². The maximum Gasteiger partial charge on any atom is 0.0535 e. The molecule has 0 aliphatic carbocycles. The molecule has 0 fully saturated rings. The van der Waals surface area contributed by atoms with Crippen molar-refractivity contribution in [1.29, 1.82) is 0 Å². The van der Waals surface area contributed by atoms with Gasteiger partial charge in [0.1, 0.15) is 0 Å². The van der Waals surface area contributed by atoms with E-state index < -0.39 is 0 Å². The SMILES string of the molecule is CC(C)C(C)O.CCC(C)C. The third-order valence-electron chi connectivity index (χ3n) is 1.78. The van der Waals surface area contributed by atoms with Crippen LogP contribution < -0.4 is 0 Å². The van der Waals surface area contributed by atoms with Crippen LogP contribution >= 0.6 is 0 Å². The van der Waals surface area contributed by atoms with Crippen molar-refractivity contribution >= 4 is 0 Å². The summed E-state index contributed by atoms with van der Waals surface area (Å²) in [5, 5.41) is 8.63. The molecule has 0 bridgehead atoms. The Hall–Kier alpha value is -0.0400. The quantitative estimate of drug-likeness (QED) is 0.658. The predicted molar refractivity (Wildman–Crippen MR) is 51.6 cm³/mol. The molecule has 0 radical (unpaired) electrons. The van der Waals surface area contributed by atoms with Gasteiger partial charge in [-0.2, -0.15) is 0 Å². The lowest BCUT2D eigenvalue weighted by atomic mass is 10.1. The van der Waals surface area contributed by atoms with Gasteiger partial charge in [0.15, 0.2) is 0 Å². The van der Waals surface area contributed by atoms with Gasteiger partial charge in [-0.05, 0) is 18.8 Å². The van der Waals surface area contributed by atoms with Crippen LogP contribution in [-0.2, 0) is 0 Å². The molecule has 0 spiro atoms. The molecule has 1 atom stereocenters. The first-order chi connectivity index (χ1) is 4.91. The van der Waals surface area contributed by atoms with Gasteiger partial charge in [0, 0.05) is 0 Å². The van der Waals surface area contributed by atoms with Crippen LogP contribution in [0.3, 0.4) is 0 Å². The number of aliphatic hydroxyl groups is 1. The second-order valence-electron chi connectivity index (χ2n) is 3.79. The molecule has 0 aliphatic heterocycles. The molecule has 0 aromatic rings. The molecule has 0 aromatic heterocycles. The van der Waals surface area contributed by atoms with Crippen LogP contribution in [0.2, 0.25) is 0 Å². The molecular weight excluding hydrogens is 136 g/mol. The van der Waals surface area contributed by atoms with Crippen molar-refractivity contribution in [3.8, 4) is 0 Å². The average molecular weight is 160 g/mol. The highest BCUT2D eigenvalue weighted by Crippen LogP contribution is 1.96. The van der Waals surface area contributed by atoms with Crippen LogP contribution in [0.5, 0.6) is 0 Å². The van der Waals surface area contributed by atoms with E-state index in [4.69, 9.17) is 5.11 Å². The molecule has 0 heterocycles. The highest BCUT2D eigenvalue weighted by atomic mass is 16.3. The summed E-state index contributed by atoms with van der Waals surface area (Å²) in [5.74, 6) is 1.29. The molecule has 1 nitrogen and oxygen atoms in total. The molecule has 70 valence electrons. The Morgan fingerprint density at radius 3 is 1.18 bits per heavy atom. The lowest BCUT2D eigenvalue weighted by Crippen LogP contribution is -2.07. The van der Waals surface area contributed by atoms with E-state index in [1.165, 1.54) is 6.42 Å². The second kappa shape index (κ2) is 8.06. The molecule has 0 aliphatic rings. The Morgan fingerprint density at radius 2 is 1.18 bits per heavy atom. The highest BCUT2D eigenvalue weighted by Gasteiger charge is 1.97. The topological polar surface area (TPSA) is 20.2 Å². The number of hydrogen-bond acceptors (Lipinski definition) is 1. The van der Waals surface area contributed by atoms with E-state index in [-0.39, 0.29) is 6.10 Å². The van der Waals surface area contributed by atoms with Gasteiger partial charge < -0.3 is 5.11 Å². The van der Waals surface area contributed by atoms with Gasteiger partial charge in [-0.1, -0.05) is 41.0 Å². The average Bonchev–Trinajstić information content (AvgIpc) is 1.89. The van der Waals surface area contributed by atoms with E-state index in [1.54, 1.807) is 6.92 Å². The van der Waals surface area contributed by atoms with E-state index in [0.717, 1.165) is 5.92 Å². The minimum absolute atomic E-state index is 0.148. The van der Waals surface area contributed by atoms with E-state index in [1.807, 2.05) is 13.8 Å². The standard InChI is InChI=1S/C5H12O.C5H12/c1-4(2)5(3)6;1-4-5(2)3/h4-6H,1-3H3;5H,4H2,1-3H3. The van der Waals surface area contributed by atoms with Crippen LogP contribution in [0.25, 0.3) is 0 Å². The Kier molecular flexibility index (Phi) is 9.92. The Labute approximate surface area is 71.8 Å². The predicted octanol–water partition coefficient (Wildman–Crippen LogP) is 3.08. The molecular formula is C10H24O. The minimum Gasteiger partial charge on any atom is -0.393 e. The largest absolute Gasteiger partial charge is 0.393 e. The molecule has 1 unspecified atom stereocenters. The maximum atomic E-state index is 8.63. The Balaban J connectivity index is 0. The molecule has 0 amide bonds. The van der Waals surface area contributed by atoms with Gasteiger partial charge in [0.25, 0.3) is 0 Å². The van der Waals surface area contributed by atoms with Gasteiger partial charge in [-0.15, -0.1) is 0 Å². The zero-order valence-corrected chi connectivity index (χ0v) is 8.89.